The highest BCUT2D eigenvalue weighted by molar-refractivity contribution is 5.06. The minimum Gasteiger partial charge on any atom is -0.353 e. The molecule has 1 unspecified atom stereocenters. The van der Waals surface area contributed by atoms with Gasteiger partial charge in [0.15, 0.2) is 11.8 Å². The van der Waals surface area contributed by atoms with E-state index in [1.807, 2.05) is 0 Å². The van der Waals surface area contributed by atoms with Crippen molar-refractivity contribution in [1.29, 1.82) is 5.26 Å². The molecule has 0 aliphatic heterocycles. The van der Waals surface area contributed by atoms with Gasteiger partial charge in [0.1, 0.15) is 0 Å². The summed E-state index contributed by atoms with van der Waals surface area (Å²) in [5, 5.41) is 12.4. The van der Waals surface area contributed by atoms with Gasteiger partial charge in [-0.1, -0.05) is 13.8 Å². The maximum absolute atomic E-state index is 9.21. The predicted octanol–water partition coefficient (Wildman–Crippen LogP) is 0.819. The van der Waals surface area contributed by atoms with Crippen molar-refractivity contribution in [2.75, 3.05) is 40.4 Å². The summed E-state index contributed by atoms with van der Waals surface area (Å²) in [4.78, 5) is 2.29. The van der Waals surface area contributed by atoms with Crippen LogP contribution in [0.25, 0.3) is 0 Å². The molecule has 100 valence electrons. The SMILES string of the molecule is CCN(CC)CCNC(C)(C#N)C(OC)OC. The number of nitriles is 1. The molecular weight excluding hydrogens is 218 g/mol. The number of hydrogen-bond donors (Lipinski definition) is 1. The molecule has 0 spiro atoms. The molecule has 5 nitrogen and oxygen atoms in total. The van der Waals surface area contributed by atoms with Crippen molar-refractivity contribution in [2.45, 2.75) is 32.6 Å². The van der Waals surface area contributed by atoms with E-state index in [9.17, 15) is 5.26 Å². The molecular formula is C12H25N3O2. The molecule has 0 rings (SSSR count). The Bertz CT molecular complexity index is 234. The molecule has 0 aliphatic carbocycles. The van der Waals surface area contributed by atoms with Crippen molar-refractivity contribution in [3.05, 3.63) is 0 Å². The lowest BCUT2D eigenvalue weighted by Crippen LogP contribution is -2.54. The summed E-state index contributed by atoms with van der Waals surface area (Å²) in [5.41, 5.74) is -0.823. The van der Waals surface area contributed by atoms with Crippen LogP contribution in [0.15, 0.2) is 0 Å². The Hall–Kier alpha value is -0.670. The van der Waals surface area contributed by atoms with E-state index in [1.54, 1.807) is 6.92 Å². The van der Waals surface area contributed by atoms with Crippen molar-refractivity contribution in [3.8, 4) is 6.07 Å². The molecule has 1 atom stereocenters. The Morgan fingerprint density at radius 2 is 1.82 bits per heavy atom. The van der Waals surface area contributed by atoms with Crippen molar-refractivity contribution < 1.29 is 9.47 Å². The summed E-state index contributed by atoms with van der Waals surface area (Å²) in [7, 11) is 3.08. The second-order valence-corrected chi connectivity index (χ2v) is 4.07. The molecule has 0 amide bonds. The van der Waals surface area contributed by atoms with Gasteiger partial charge in [0.05, 0.1) is 6.07 Å². The summed E-state index contributed by atoms with van der Waals surface area (Å²) < 4.78 is 10.3. The van der Waals surface area contributed by atoms with Crippen LogP contribution in [0.2, 0.25) is 0 Å². The topological polar surface area (TPSA) is 57.5 Å². The molecule has 0 saturated heterocycles. The molecule has 0 aromatic heterocycles. The Morgan fingerprint density at radius 1 is 1.29 bits per heavy atom. The van der Waals surface area contributed by atoms with Crippen molar-refractivity contribution in [2.24, 2.45) is 0 Å². The zero-order valence-corrected chi connectivity index (χ0v) is 11.6. The normalized spacial score (nSPS) is 14.9. The van der Waals surface area contributed by atoms with Crippen LogP contribution >= 0.6 is 0 Å². The molecule has 17 heavy (non-hydrogen) atoms. The number of nitrogens with zero attached hydrogens (tertiary/aromatic N) is 2. The van der Waals surface area contributed by atoms with Crippen molar-refractivity contribution >= 4 is 0 Å². The molecule has 0 aliphatic rings. The number of rotatable bonds is 9. The molecule has 0 heterocycles. The van der Waals surface area contributed by atoms with E-state index >= 15 is 0 Å². The second kappa shape index (κ2) is 8.43. The Kier molecular flexibility index (Phi) is 8.09. The minimum absolute atomic E-state index is 0.566. The van der Waals surface area contributed by atoms with Gasteiger partial charge in [0.25, 0.3) is 0 Å². The van der Waals surface area contributed by atoms with Gasteiger partial charge in [-0.25, -0.2) is 0 Å². The fourth-order valence-electron chi connectivity index (χ4n) is 1.76. The van der Waals surface area contributed by atoms with Gasteiger partial charge in [0.2, 0.25) is 0 Å². The third kappa shape index (κ3) is 5.00. The average molecular weight is 243 g/mol. The van der Waals surface area contributed by atoms with Crippen LogP contribution in [0.3, 0.4) is 0 Å². The van der Waals surface area contributed by atoms with E-state index in [4.69, 9.17) is 9.47 Å². The molecule has 5 heteroatoms. The first kappa shape index (κ1) is 16.3. The van der Waals surface area contributed by atoms with E-state index in [0.29, 0.717) is 0 Å². The third-order valence-corrected chi connectivity index (χ3v) is 2.95. The van der Waals surface area contributed by atoms with Gasteiger partial charge in [-0.15, -0.1) is 0 Å². The molecule has 0 aromatic rings. The van der Waals surface area contributed by atoms with Crippen LogP contribution < -0.4 is 5.32 Å². The van der Waals surface area contributed by atoms with Crippen molar-refractivity contribution in [3.63, 3.8) is 0 Å². The van der Waals surface area contributed by atoms with Gasteiger partial charge in [0, 0.05) is 27.3 Å². The first-order chi connectivity index (χ1) is 8.07. The van der Waals surface area contributed by atoms with Crippen LogP contribution in [0, 0.1) is 11.3 Å². The van der Waals surface area contributed by atoms with Crippen LogP contribution in [-0.2, 0) is 9.47 Å². The van der Waals surface area contributed by atoms with Gasteiger partial charge < -0.3 is 14.4 Å². The van der Waals surface area contributed by atoms with E-state index in [1.165, 1.54) is 14.2 Å². The fourth-order valence-corrected chi connectivity index (χ4v) is 1.76. The van der Waals surface area contributed by atoms with E-state index in [-0.39, 0.29) is 0 Å². The first-order valence-corrected chi connectivity index (χ1v) is 6.02. The lowest BCUT2D eigenvalue weighted by Gasteiger charge is -2.31. The average Bonchev–Trinajstić information content (AvgIpc) is 2.36. The summed E-state index contributed by atoms with van der Waals surface area (Å²) in [6.07, 6.45) is -0.566. The highest BCUT2D eigenvalue weighted by Crippen LogP contribution is 2.12. The molecule has 1 N–H and O–H groups in total. The predicted molar refractivity (Wildman–Crippen MR) is 67.6 cm³/mol. The zero-order valence-electron chi connectivity index (χ0n) is 11.6. The Balaban J connectivity index is 4.26. The second-order valence-electron chi connectivity index (χ2n) is 4.07. The maximum Gasteiger partial charge on any atom is 0.188 e. The maximum atomic E-state index is 9.21. The minimum atomic E-state index is -0.823. The summed E-state index contributed by atoms with van der Waals surface area (Å²) >= 11 is 0. The largest absolute Gasteiger partial charge is 0.353 e. The number of likely N-dealkylation sites (N-methyl/N-ethyl adjacent to an activating group) is 1. The van der Waals surface area contributed by atoms with Crippen LogP contribution in [-0.4, -0.2) is 57.1 Å². The van der Waals surface area contributed by atoms with E-state index < -0.39 is 11.8 Å². The molecule has 0 fully saturated rings. The number of methoxy groups -OCH3 is 2. The van der Waals surface area contributed by atoms with Gasteiger partial charge >= 0.3 is 0 Å². The molecule has 0 radical (unpaired) electrons. The summed E-state index contributed by atoms with van der Waals surface area (Å²) in [6.45, 7) is 9.70. The highest BCUT2D eigenvalue weighted by atomic mass is 16.7. The number of ether oxygens (including phenoxy) is 2. The summed E-state index contributed by atoms with van der Waals surface area (Å²) in [5.74, 6) is 0. The monoisotopic (exact) mass is 243 g/mol. The van der Waals surface area contributed by atoms with Crippen molar-refractivity contribution in [1.82, 2.24) is 10.2 Å². The smallest absolute Gasteiger partial charge is 0.188 e. The molecule has 0 aromatic carbocycles. The van der Waals surface area contributed by atoms with Gasteiger partial charge in [-0.2, -0.15) is 5.26 Å². The third-order valence-electron chi connectivity index (χ3n) is 2.95. The standard InChI is InChI=1S/C12H25N3O2/c1-6-15(7-2)9-8-14-12(3,10-13)11(16-4)17-5/h11,14H,6-9H2,1-5H3. The summed E-state index contributed by atoms with van der Waals surface area (Å²) in [6, 6.07) is 2.21. The lowest BCUT2D eigenvalue weighted by atomic mass is 10.0. The Labute approximate surface area is 105 Å². The van der Waals surface area contributed by atoms with Gasteiger partial charge in [-0.3, -0.25) is 5.32 Å². The highest BCUT2D eigenvalue weighted by Gasteiger charge is 2.34. The zero-order chi connectivity index (χ0) is 13.3. The van der Waals surface area contributed by atoms with E-state index in [0.717, 1.165) is 26.2 Å². The fraction of sp³-hybridized carbons (Fsp3) is 0.917. The number of hydrogen-bond acceptors (Lipinski definition) is 5. The van der Waals surface area contributed by atoms with Crippen LogP contribution in [0.4, 0.5) is 0 Å². The van der Waals surface area contributed by atoms with E-state index in [2.05, 4.69) is 30.1 Å². The quantitative estimate of drug-likeness (QED) is 0.608. The van der Waals surface area contributed by atoms with Crippen LogP contribution in [0.5, 0.6) is 0 Å². The Morgan fingerprint density at radius 3 is 2.18 bits per heavy atom. The van der Waals surface area contributed by atoms with Crippen LogP contribution in [0.1, 0.15) is 20.8 Å². The number of nitrogens with one attached hydrogen (secondary N) is 1. The lowest BCUT2D eigenvalue weighted by molar-refractivity contribution is -0.137. The molecule has 0 bridgehead atoms. The van der Waals surface area contributed by atoms with Gasteiger partial charge in [-0.05, 0) is 20.0 Å². The first-order valence-electron chi connectivity index (χ1n) is 6.02. The molecule has 0 saturated carbocycles.